The Labute approximate surface area is 244 Å². The molecule has 1 amide bonds. The Hall–Kier alpha value is -4.35. The van der Waals surface area contributed by atoms with Gasteiger partial charge in [0.1, 0.15) is 12.4 Å². The fourth-order valence-corrected chi connectivity index (χ4v) is 6.13. The van der Waals surface area contributed by atoms with Crippen LogP contribution in [0.5, 0.6) is 0 Å². The van der Waals surface area contributed by atoms with Gasteiger partial charge in [-0.05, 0) is 42.0 Å². The molecule has 1 aromatic heterocycles. The molecule has 3 heterocycles. The minimum Gasteiger partial charge on any atom is -0.445 e. The van der Waals surface area contributed by atoms with Gasteiger partial charge in [-0.1, -0.05) is 66.7 Å². The van der Waals surface area contributed by atoms with Crippen LogP contribution in [0.2, 0.25) is 5.28 Å². The highest BCUT2D eigenvalue weighted by Crippen LogP contribution is 2.35. The molecule has 3 aromatic carbocycles. The molecule has 41 heavy (non-hydrogen) atoms. The van der Waals surface area contributed by atoms with Crippen molar-refractivity contribution in [3.8, 4) is 6.07 Å². The molecule has 208 valence electrons. The average molecular weight is 567 g/mol. The van der Waals surface area contributed by atoms with Gasteiger partial charge in [0.2, 0.25) is 5.28 Å². The summed E-state index contributed by atoms with van der Waals surface area (Å²) in [7, 11) is 0. The van der Waals surface area contributed by atoms with E-state index in [2.05, 4.69) is 70.2 Å². The third-order valence-corrected chi connectivity index (χ3v) is 8.17. The van der Waals surface area contributed by atoms with Gasteiger partial charge in [-0.25, -0.2) is 14.8 Å². The minimum atomic E-state index is -0.408. The Morgan fingerprint density at radius 2 is 1.83 bits per heavy atom. The first kappa shape index (κ1) is 26.9. The van der Waals surface area contributed by atoms with Crippen molar-refractivity contribution in [3.05, 3.63) is 94.9 Å². The Morgan fingerprint density at radius 3 is 2.66 bits per heavy atom. The van der Waals surface area contributed by atoms with Crippen LogP contribution in [0.1, 0.15) is 30.2 Å². The lowest BCUT2D eigenvalue weighted by molar-refractivity contribution is 0.0709. The van der Waals surface area contributed by atoms with Gasteiger partial charge < -0.3 is 19.4 Å². The summed E-state index contributed by atoms with van der Waals surface area (Å²) >= 11 is 6.51. The van der Waals surface area contributed by atoms with E-state index in [-0.39, 0.29) is 30.4 Å². The predicted octanol–water partition coefficient (Wildman–Crippen LogP) is 5.98. The Balaban J connectivity index is 1.24. The number of nitriles is 1. The van der Waals surface area contributed by atoms with E-state index < -0.39 is 6.09 Å². The number of anilines is 2. The smallest absolute Gasteiger partial charge is 0.410 e. The van der Waals surface area contributed by atoms with Crippen LogP contribution >= 0.6 is 11.6 Å². The van der Waals surface area contributed by atoms with Crippen LogP contribution in [0.4, 0.5) is 16.3 Å². The zero-order valence-corrected chi connectivity index (χ0v) is 23.7. The number of fused-ring (bicyclic) bond motifs is 2. The monoisotopic (exact) mass is 566 g/mol. The number of aromatic nitrogens is 2. The molecule has 6 rings (SSSR count). The fourth-order valence-electron chi connectivity index (χ4n) is 5.95. The predicted molar refractivity (Wildman–Crippen MR) is 160 cm³/mol. The maximum Gasteiger partial charge on any atom is 0.410 e. The van der Waals surface area contributed by atoms with Gasteiger partial charge in [0.25, 0.3) is 0 Å². The van der Waals surface area contributed by atoms with Crippen LogP contribution in [-0.2, 0) is 24.3 Å². The van der Waals surface area contributed by atoms with Gasteiger partial charge in [0.15, 0.2) is 0 Å². The molecule has 2 atom stereocenters. The first-order chi connectivity index (χ1) is 20.0. The summed E-state index contributed by atoms with van der Waals surface area (Å²) in [5.41, 5.74) is 4.08. The van der Waals surface area contributed by atoms with Gasteiger partial charge in [0, 0.05) is 42.3 Å². The number of nitrogens with zero attached hydrogens (tertiary/aromatic N) is 6. The number of rotatable bonds is 5. The molecule has 0 radical (unpaired) electrons. The van der Waals surface area contributed by atoms with E-state index in [9.17, 15) is 10.1 Å². The summed E-state index contributed by atoms with van der Waals surface area (Å²) in [5.74, 6) is 0.797. The highest BCUT2D eigenvalue weighted by atomic mass is 35.5. The van der Waals surface area contributed by atoms with E-state index in [0.29, 0.717) is 19.6 Å². The summed E-state index contributed by atoms with van der Waals surface area (Å²) in [5, 5.41) is 12.2. The van der Waals surface area contributed by atoms with Gasteiger partial charge in [-0.15, -0.1) is 0 Å². The number of ether oxygens (including phenoxy) is 1. The van der Waals surface area contributed by atoms with Crippen molar-refractivity contribution in [2.24, 2.45) is 0 Å². The quantitative estimate of drug-likeness (QED) is 0.275. The first-order valence-corrected chi connectivity index (χ1v) is 14.3. The van der Waals surface area contributed by atoms with Crippen LogP contribution in [0.15, 0.2) is 72.8 Å². The molecule has 0 spiro atoms. The molecule has 0 bridgehead atoms. The minimum absolute atomic E-state index is 0.0552. The molecular weight excluding hydrogens is 536 g/mol. The molecule has 1 saturated heterocycles. The van der Waals surface area contributed by atoms with Crippen molar-refractivity contribution in [2.75, 3.05) is 29.4 Å². The Kier molecular flexibility index (Phi) is 7.62. The maximum atomic E-state index is 13.1. The molecule has 0 saturated carbocycles. The van der Waals surface area contributed by atoms with Gasteiger partial charge >= 0.3 is 6.09 Å². The molecule has 4 aromatic rings. The zero-order chi connectivity index (χ0) is 28.3. The van der Waals surface area contributed by atoms with Crippen molar-refractivity contribution in [1.29, 1.82) is 5.26 Å². The average Bonchev–Trinajstić information content (AvgIpc) is 3.00. The molecular formula is C32H31ClN6O2. The lowest BCUT2D eigenvalue weighted by Crippen LogP contribution is -2.59. The number of hydrogen-bond donors (Lipinski definition) is 0. The highest BCUT2D eigenvalue weighted by Gasteiger charge is 2.38. The lowest BCUT2D eigenvalue weighted by atomic mass is 10.00. The molecule has 2 aliphatic rings. The number of halogens is 1. The standard InChI is InChI=1S/C32H31ClN6O2/c1-22-18-39(32(40)41-21-23-8-3-2-4-9-23)25(14-16-34)19-38(22)30-27-15-17-37(20-28(27)35-31(33)36-30)29-13-7-11-24-10-5-6-12-26(24)29/h2-13,22,25H,14-15,17-21H2,1H3/t22-,25-/m0/s1. The SMILES string of the molecule is C[C@H]1CN(C(=O)OCc2ccccc2)[C@@H](CC#N)CN1c1nc(Cl)nc2c1CCN(c1cccc3ccccc13)C2. The third kappa shape index (κ3) is 5.50. The van der Waals surface area contributed by atoms with Crippen molar-refractivity contribution in [2.45, 2.75) is 45.0 Å². The number of benzene rings is 3. The number of amides is 1. The van der Waals surface area contributed by atoms with Crippen molar-refractivity contribution in [3.63, 3.8) is 0 Å². The largest absolute Gasteiger partial charge is 0.445 e. The van der Waals surface area contributed by atoms with Gasteiger partial charge in [-0.3, -0.25) is 0 Å². The lowest BCUT2D eigenvalue weighted by Gasteiger charge is -2.45. The number of hydrogen-bond acceptors (Lipinski definition) is 7. The van der Waals surface area contributed by atoms with E-state index in [1.807, 2.05) is 30.3 Å². The molecule has 9 heteroatoms. The molecule has 8 nitrogen and oxygen atoms in total. The van der Waals surface area contributed by atoms with E-state index in [1.54, 1.807) is 4.90 Å². The second kappa shape index (κ2) is 11.6. The summed E-state index contributed by atoms with van der Waals surface area (Å²) in [6, 6.07) is 26.2. The summed E-state index contributed by atoms with van der Waals surface area (Å²) in [6.45, 7) is 4.57. The molecule has 2 aliphatic heterocycles. The second-order valence-electron chi connectivity index (χ2n) is 10.6. The summed E-state index contributed by atoms with van der Waals surface area (Å²) in [4.78, 5) is 28.7. The first-order valence-electron chi connectivity index (χ1n) is 13.9. The van der Waals surface area contributed by atoms with Gasteiger partial charge in [0.05, 0.1) is 30.8 Å². The van der Waals surface area contributed by atoms with Crippen LogP contribution in [0.25, 0.3) is 10.8 Å². The van der Waals surface area contributed by atoms with Crippen molar-refractivity contribution < 1.29 is 9.53 Å². The molecule has 0 N–H and O–H groups in total. The number of carbonyl (C=O) groups excluding carboxylic acids is 1. The normalized spacial score (nSPS) is 18.6. The van der Waals surface area contributed by atoms with Crippen molar-refractivity contribution in [1.82, 2.24) is 14.9 Å². The van der Waals surface area contributed by atoms with E-state index in [4.69, 9.17) is 21.3 Å². The van der Waals surface area contributed by atoms with Crippen LogP contribution in [-0.4, -0.2) is 52.7 Å². The summed E-state index contributed by atoms with van der Waals surface area (Å²) < 4.78 is 5.63. The van der Waals surface area contributed by atoms with Gasteiger partial charge in [-0.2, -0.15) is 5.26 Å². The van der Waals surface area contributed by atoms with Crippen LogP contribution in [0, 0.1) is 11.3 Å². The number of carbonyl (C=O) groups is 1. The van der Waals surface area contributed by atoms with E-state index in [1.165, 1.54) is 16.5 Å². The van der Waals surface area contributed by atoms with Crippen LogP contribution < -0.4 is 9.80 Å². The van der Waals surface area contributed by atoms with Crippen molar-refractivity contribution >= 4 is 40.0 Å². The third-order valence-electron chi connectivity index (χ3n) is 8.00. The Bertz CT molecular complexity index is 1600. The topological polar surface area (TPSA) is 85.6 Å². The van der Waals surface area contributed by atoms with Crippen LogP contribution in [0.3, 0.4) is 0 Å². The molecule has 0 unspecified atom stereocenters. The van der Waals surface area contributed by atoms with E-state index >= 15 is 0 Å². The Morgan fingerprint density at radius 1 is 1.05 bits per heavy atom. The van der Waals surface area contributed by atoms with E-state index in [0.717, 1.165) is 35.6 Å². The summed E-state index contributed by atoms with van der Waals surface area (Å²) in [6.07, 6.45) is 0.550. The molecule has 0 aliphatic carbocycles. The second-order valence-corrected chi connectivity index (χ2v) is 11.0. The fraction of sp³-hybridized carbons (Fsp3) is 0.312. The number of piperazine rings is 1. The molecule has 1 fully saturated rings. The highest BCUT2D eigenvalue weighted by molar-refractivity contribution is 6.28. The maximum absolute atomic E-state index is 13.1. The zero-order valence-electron chi connectivity index (χ0n) is 22.9.